The van der Waals surface area contributed by atoms with Gasteiger partial charge in [0.2, 0.25) is 0 Å². The number of hydrogen-bond donors (Lipinski definition) is 1. The Hall–Kier alpha value is -2.47. The Morgan fingerprint density at radius 1 is 1.16 bits per heavy atom. The number of para-hydroxylation sites is 1. The lowest BCUT2D eigenvalue weighted by Gasteiger charge is -2.34. The molecule has 6 nitrogen and oxygen atoms in total. The second kappa shape index (κ2) is 10.3. The zero-order chi connectivity index (χ0) is 26.4. The number of benzene rings is 2. The lowest BCUT2D eigenvalue weighted by atomic mass is 9.83. The van der Waals surface area contributed by atoms with E-state index in [0.717, 1.165) is 28.9 Å². The van der Waals surface area contributed by atoms with Crippen molar-refractivity contribution >= 4 is 37.5 Å². The first-order valence-electron chi connectivity index (χ1n) is 12.4. The normalized spacial score (nSPS) is 21.9. The van der Waals surface area contributed by atoms with Gasteiger partial charge in [0, 0.05) is 23.1 Å². The summed E-state index contributed by atoms with van der Waals surface area (Å²) in [7, 11) is 0. The maximum Gasteiger partial charge on any atom is 0.387 e. The van der Waals surface area contributed by atoms with Crippen molar-refractivity contribution in [3.63, 3.8) is 0 Å². The molecule has 2 saturated carbocycles. The molecule has 2 heterocycles. The van der Waals surface area contributed by atoms with Crippen LogP contribution in [0.25, 0.3) is 21.5 Å². The smallest absolute Gasteiger partial charge is 0.387 e. The van der Waals surface area contributed by atoms with Gasteiger partial charge in [-0.3, -0.25) is 0 Å². The Morgan fingerprint density at radius 2 is 1.92 bits per heavy atom. The minimum absolute atomic E-state index is 0.0323. The summed E-state index contributed by atoms with van der Waals surface area (Å²) in [4.78, 5) is 4.51. The number of alkyl halides is 2. The molecule has 0 atom stereocenters. The van der Waals surface area contributed by atoms with Crippen LogP contribution >= 0.6 is 27.3 Å². The van der Waals surface area contributed by atoms with Gasteiger partial charge in [-0.25, -0.2) is 9.37 Å². The zero-order valence-corrected chi connectivity index (χ0v) is 22.5. The third-order valence-corrected chi connectivity index (χ3v) is 9.00. The molecule has 4 aromatic rings. The predicted molar refractivity (Wildman–Crippen MR) is 139 cm³/mol. The fraction of sp³-hybridized carbons (Fsp3) is 0.407. The van der Waals surface area contributed by atoms with Gasteiger partial charge in [-0.05, 0) is 72.7 Å². The van der Waals surface area contributed by atoms with Crippen molar-refractivity contribution in [1.29, 1.82) is 0 Å². The molecular weight excluding hydrogens is 585 g/mol. The molecule has 0 saturated heterocycles. The highest BCUT2D eigenvalue weighted by Crippen LogP contribution is 2.46. The fourth-order valence-corrected chi connectivity index (χ4v) is 6.60. The minimum Gasteiger partial charge on any atom is -0.434 e. The highest BCUT2D eigenvalue weighted by atomic mass is 79.9. The number of hydrogen-bond acceptors (Lipinski definition) is 7. The van der Waals surface area contributed by atoms with E-state index in [0.29, 0.717) is 51.9 Å². The van der Waals surface area contributed by atoms with Crippen molar-refractivity contribution in [3.8, 4) is 17.0 Å². The fourth-order valence-electron chi connectivity index (χ4n) is 4.97. The number of fused-ring (bicyclic) bond motifs is 1. The predicted octanol–water partition coefficient (Wildman–Crippen LogP) is 7.68. The molecule has 11 heteroatoms. The SMILES string of the molecule is OC1(c2nc3cc(F)c(Br)cc3s2)CCC(OCc2c(-c3ccccc3OC(F)F)noc2C2CC2)CC1. The number of rotatable bonds is 8. The van der Waals surface area contributed by atoms with E-state index in [4.69, 9.17) is 14.0 Å². The second-order valence-corrected chi connectivity index (χ2v) is 11.7. The zero-order valence-electron chi connectivity index (χ0n) is 20.1. The van der Waals surface area contributed by atoms with E-state index in [1.165, 1.54) is 23.5 Å². The Kier molecular flexibility index (Phi) is 6.96. The number of thiazole rings is 1. The largest absolute Gasteiger partial charge is 0.434 e. The van der Waals surface area contributed by atoms with E-state index in [2.05, 4.69) is 26.1 Å². The molecule has 200 valence electrons. The Morgan fingerprint density at radius 3 is 2.66 bits per heavy atom. The molecule has 0 radical (unpaired) electrons. The van der Waals surface area contributed by atoms with Crippen molar-refractivity contribution in [1.82, 2.24) is 10.1 Å². The Balaban J connectivity index is 1.17. The first kappa shape index (κ1) is 25.8. The van der Waals surface area contributed by atoms with Crippen LogP contribution in [0, 0.1) is 5.82 Å². The molecule has 2 aliphatic rings. The molecular formula is C27H24BrF3N2O4S. The van der Waals surface area contributed by atoms with Gasteiger partial charge in [0.1, 0.15) is 33.6 Å². The summed E-state index contributed by atoms with van der Waals surface area (Å²) < 4.78 is 57.8. The number of aromatic nitrogens is 2. The number of halogens is 4. The molecule has 2 aliphatic carbocycles. The van der Waals surface area contributed by atoms with E-state index in [9.17, 15) is 18.3 Å². The van der Waals surface area contributed by atoms with Crippen LogP contribution in [-0.4, -0.2) is 28.0 Å². The maximum atomic E-state index is 13.9. The number of nitrogens with zero attached hydrogens (tertiary/aromatic N) is 2. The van der Waals surface area contributed by atoms with Gasteiger partial charge in [0.25, 0.3) is 0 Å². The van der Waals surface area contributed by atoms with Crippen LogP contribution in [-0.2, 0) is 16.9 Å². The summed E-state index contributed by atoms with van der Waals surface area (Å²) in [6.45, 7) is -2.74. The van der Waals surface area contributed by atoms with Crippen molar-refractivity contribution in [2.75, 3.05) is 0 Å². The molecule has 6 rings (SSSR count). The van der Waals surface area contributed by atoms with Gasteiger partial charge in [0.05, 0.1) is 27.4 Å². The second-order valence-electron chi connectivity index (χ2n) is 9.82. The van der Waals surface area contributed by atoms with E-state index in [-0.39, 0.29) is 30.2 Å². The maximum absolute atomic E-state index is 13.9. The summed E-state index contributed by atoms with van der Waals surface area (Å²) in [5.74, 6) is 0.621. The quantitative estimate of drug-likeness (QED) is 0.221. The lowest BCUT2D eigenvalue weighted by molar-refractivity contribution is -0.0641. The summed E-state index contributed by atoms with van der Waals surface area (Å²) in [6, 6.07) is 9.58. The average molecular weight is 609 g/mol. The molecule has 38 heavy (non-hydrogen) atoms. The third-order valence-electron chi connectivity index (χ3n) is 7.18. The summed E-state index contributed by atoms with van der Waals surface area (Å²) in [5.41, 5.74) is 1.06. The van der Waals surface area contributed by atoms with E-state index < -0.39 is 12.2 Å². The monoisotopic (exact) mass is 608 g/mol. The van der Waals surface area contributed by atoms with E-state index in [1.54, 1.807) is 24.3 Å². The molecule has 0 amide bonds. The Bertz CT molecular complexity index is 1430. The summed E-state index contributed by atoms with van der Waals surface area (Å²) in [6.07, 6.45) is 3.98. The van der Waals surface area contributed by atoms with Crippen molar-refractivity contribution in [2.45, 2.75) is 69.4 Å². The molecule has 0 bridgehead atoms. The van der Waals surface area contributed by atoms with Crippen LogP contribution in [0.4, 0.5) is 13.2 Å². The van der Waals surface area contributed by atoms with Crippen molar-refractivity contribution in [2.24, 2.45) is 0 Å². The highest BCUT2D eigenvalue weighted by molar-refractivity contribution is 9.10. The van der Waals surface area contributed by atoms with Gasteiger partial charge >= 0.3 is 6.61 Å². The van der Waals surface area contributed by atoms with Crippen LogP contribution in [0.3, 0.4) is 0 Å². The van der Waals surface area contributed by atoms with Crippen molar-refractivity contribution < 1.29 is 32.3 Å². The Labute approximate surface area is 228 Å². The molecule has 0 aliphatic heterocycles. The first-order valence-corrected chi connectivity index (χ1v) is 14.0. The van der Waals surface area contributed by atoms with Gasteiger partial charge < -0.3 is 19.1 Å². The average Bonchev–Trinajstić information content (AvgIpc) is 3.52. The summed E-state index contributed by atoms with van der Waals surface area (Å²) in [5, 5.41) is 16.2. The van der Waals surface area contributed by atoms with Crippen LogP contribution < -0.4 is 4.74 Å². The molecule has 2 aromatic carbocycles. The summed E-state index contributed by atoms with van der Waals surface area (Å²) >= 11 is 4.57. The minimum atomic E-state index is -2.96. The topological polar surface area (TPSA) is 77.6 Å². The molecule has 1 N–H and O–H groups in total. The van der Waals surface area contributed by atoms with Crippen LogP contribution in [0.15, 0.2) is 45.4 Å². The van der Waals surface area contributed by atoms with Gasteiger partial charge in [0.15, 0.2) is 0 Å². The van der Waals surface area contributed by atoms with Gasteiger partial charge in [-0.15, -0.1) is 11.3 Å². The molecule has 0 unspecified atom stereocenters. The van der Waals surface area contributed by atoms with E-state index >= 15 is 0 Å². The molecule has 2 fully saturated rings. The lowest BCUT2D eigenvalue weighted by Crippen LogP contribution is -2.34. The van der Waals surface area contributed by atoms with Gasteiger partial charge in [-0.2, -0.15) is 8.78 Å². The van der Waals surface area contributed by atoms with Gasteiger partial charge in [-0.1, -0.05) is 17.3 Å². The number of aliphatic hydroxyl groups is 1. The standard InChI is InChI=1S/C27H24BrF3N2O4S/c28-18-11-22-20(12-19(18)29)32-25(38-22)27(34)9-7-15(8-10-27)35-13-17-23(33-37-24(17)14-5-6-14)16-3-1-2-4-21(16)36-26(30)31/h1-4,11-12,14-15,26,34H,5-10,13H2. The highest BCUT2D eigenvalue weighted by Gasteiger charge is 2.39. The first-order chi connectivity index (χ1) is 18.3. The van der Waals surface area contributed by atoms with Crippen LogP contribution in [0.2, 0.25) is 0 Å². The van der Waals surface area contributed by atoms with E-state index in [1.807, 2.05) is 0 Å². The van der Waals surface area contributed by atoms with Crippen LogP contribution in [0.1, 0.15) is 60.8 Å². The van der Waals surface area contributed by atoms with Crippen LogP contribution in [0.5, 0.6) is 5.75 Å². The third kappa shape index (κ3) is 5.09. The number of ether oxygens (including phenoxy) is 2. The van der Waals surface area contributed by atoms with Crippen molar-refractivity contribution in [3.05, 3.63) is 63.0 Å². The molecule has 0 spiro atoms. The molecule has 2 aromatic heterocycles.